The minimum absolute atomic E-state index is 0.177. The van der Waals surface area contributed by atoms with Gasteiger partial charge in [-0.15, -0.1) is 0 Å². The van der Waals surface area contributed by atoms with E-state index in [2.05, 4.69) is 11.6 Å². The number of thioether (sulfide) groups is 1. The lowest BCUT2D eigenvalue weighted by Crippen LogP contribution is -2.32. The highest BCUT2D eigenvalue weighted by molar-refractivity contribution is 8.00. The van der Waals surface area contributed by atoms with Crippen LogP contribution in [0.25, 0.3) is 0 Å². The highest BCUT2D eigenvalue weighted by Gasteiger charge is 2.42. The molecule has 20 heavy (non-hydrogen) atoms. The van der Waals surface area contributed by atoms with Crippen LogP contribution in [0.3, 0.4) is 0 Å². The van der Waals surface area contributed by atoms with Gasteiger partial charge in [-0.1, -0.05) is 0 Å². The van der Waals surface area contributed by atoms with Crippen molar-refractivity contribution in [2.24, 2.45) is 0 Å². The number of hydrogen-bond acceptors (Lipinski definition) is 5. The molecule has 1 aliphatic carbocycles. The van der Waals surface area contributed by atoms with Crippen LogP contribution in [0.15, 0.2) is 12.1 Å². The molecule has 6 heteroatoms. The van der Waals surface area contributed by atoms with Gasteiger partial charge in [-0.25, -0.2) is 0 Å². The third-order valence-corrected chi connectivity index (χ3v) is 5.03. The van der Waals surface area contributed by atoms with Gasteiger partial charge in [-0.05, 0) is 25.2 Å². The molecule has 1 fully saturated rings. The Balaban J connectivity index is 2.13. The summed E-state index contributed by atoms with van der Waals surface area (Å²) in [5.74, 6) is 0.839. The van der Waals surface area contributed by atoms with Crippen LogP contribution in [0.1, 0.15) is 23.2 Å². The Morgan fingerprint density at radius 1 is 1.35 bits per heavy atom. The molecule has 0 spiro atoms. The van der Waals surface area contributed by atoms with Gasteiger partial charge in [0.2, 0.25) is 0 Å². The number of ether oxygens (including phenoxy) is 2. The molecule has 0 aliphatic heterocycles. The second-order valence-corrected chi connectivity index (χ2v) is 6.14. The summed E-state index contributed by atoms with van der Waals surface area (Å²) in [6.07, 6.45) is 4.37. The zero-order chi connectivity index (χ0) is 14.8. The summed E-state index contributed by atoms with van der Waals surface area (Å²) < 4.78 is 10.6. The van der Waals surface area contributed by atoms with Gasteiger partial charge >= 0.3 is 0 Å². The number of nitrogens with two attached hydrogens (primary N) is 1. The Kier molecular flexibility index (Phi) is 4.32. The van der Waals surface area contributed by atoms with Crippen molar-refractivity contribution in [3.05, 3.63) is 17.7 Å². The average Bonchev–Trinajstić information content (AvgIpc) is 3.25. The van der Waals surface area contributed by atoms with E-state index in [0.29, 0.717) is 29.3 Å². The monoisotopic (exact) mass is 296 g/mol. The molecule has 110 valence electrons. The van der Waals surface area contributed by atoms with Crippen molar-refractivity contribution in [1.82, 2.24) is 5.32 Å². The molecule has 1 aromatic carbocycles. The lowest BCUT2D eigenvalue weighted by atomic mass is 10.1. The van der Waals surface area contributed by atoms with Gasteiger partial charge in [0.05, 0.1) is 19.8 Å². The average molecular weight is 296 g/mol. The van der Waals surface area contributed by atoms with Crippen LogP contribution in [0.5, 0.6) is 11.5 Å². The molecular formula is C14H20N2O3S. The summed E-state index contributed by atoms with van der Waals surface area (Å²) in [5.41, 5.74) is 6.71. The van der Waals surface area contributed by atoms with Crippen LogP contribution >= 0.6 is 11.8 Å². The molecule has 1 amide bonds. The van der Waals surface area contributed by atoms with Gasteiger partial charge in [0, 0.05) is 23.0 Å². The van der Waals surface area contributed by atoms with Crippen molar-refractivity contribution in [3.63, 3.8) is 0 Å². The van der Waals surface area contributed by atoms with E-state index in [1.165, 1.54) is 14.2 Å². The van der Waals surface area contributed by atoms with Gasteiger partial charge in [0.1, 0.15) is 0 Å². The Hall–Kier alpha value is -1.56. The second-order valence-electron chi connectivity index (χ2n) is 4.86. The largest absolute Gasteiger partial charge is 0.493 e. The van der Waals surface area contributed by atoms with E-state index in [1.54, 1.807) is 23.9 Å². The first-order valence-electron chi connectivity index (χ1n) is 6.40. The molecule has 0 atom stereocenters. The highest BCUT2D eigenvalue weighted by Crippen LogP contribution is 2.46. The molecule has 1 aliphatic rings. The molecule has 1 aromatic rings. The Morgan fingerprint density at radius 2 is 1.95 bits per heavy atom. The highest BCUT2D eigenvalue weighted by atomic mass is 32.2. The number of carbonyl (C=O) groups excluding carboxylic acids is 1. The molecule has 0 saturated heterocycles. The fraction of sp³-hybridized carbons (Fsp3) is 0.500. The summed E-state index contributed by atoms with van der Waals surface area (Å²) in [6, 6.07) is 3.22. The van der Waals surface area contributed by atoms with Crippen molar-refractivity contribution in [2.45, 2.75) is 17.6 Å². The van der Waals surface area contributed by atoms with Crippen molar-refractivity contribution >= 4 is 23.4 Å². The maximum atomic E-state index is 12.2. The van der Waals surface area contributed by atoms with Crippen LogP contribution in [0, 0.1) is 0 Å². The number of anilines is 1. The predicted molar refractivity (Wildman–Crippen MR) is 81.8 cm³/mol. The van der Waals surface area contributed by atoms with Gasteiger partial charge in [0.15, 0.2) is 11.5 Å². The Morgan fingerprint density at radius 3 is 2.45 bits per heavy atom. The lowest BCUT2D eigenvalue weighted by molar-refractivity contribution is 0.0953. The molecule has 0 heterocycles. The van der Waals surface area contributed by atoms with E-state index in [9.17, 15) is 4.79 Å². The first kappa shape index (κ1) is 14.8. The van der Waals surface area contributed by atoms with E-state index < -0.39 is 0 Å². The van der Waals surface area contributed by atoms with Crippen LogP contribution in [-0.2, 0) is 0 Å². The van der Waals surface area contributed by atoms with Gasteiger partial charge in [-0.3, -0.25) is 4.79 Å². The third-order valence-electron chi connectivity index (χ3n) is 3.61. The van der Waals surface area contributed by atoms with E-state index in [4.69, 9.17) is 15.2 Å². The maximum absolute atomic E-state index is 12.2. The summed E-state index contributed by atoms with van der Waals surface area (Å²) in [6.45, 7) is 0.667. The molecule has 2 rings (SSSR count). The van der Waals surface area contributed by atoms with Crippen molar-refractivity contribution in [1.29, 1.82) is 0 Å². The van der Waals surface area contributed by atoms with Gasteiger partial charge in [-0.2, -0.15) is 11.8 Å². The van der Waals surface area contributed by atoms with Crippen molar-refractivity contribution < 1.29 is 14.3 Å². The van der Waals surface area contributed by atoms with Gasteiger partial charge < -0.3 is 20.5 Å². The molecule has 0 radical (unpaired) electrons. The third kappa shape index (κ3) is 2.95. The quantitative estimate of drug-likeness (QED) is 0.785. The van der Waals surface area contributed by atoms with E-state index >= 15 is 0 Å². The Labute approximate surface area is 123 Å². The maximum Gasteiger partial charge on any atom is 0.253 e. The van der Waals surface area contributed by atoms with Crippen LogP contribution in [-0.4, -0.2) is 37.7 Å². The number of hydrogen-bond donors (Lipinski definition) is 2. The lowest BCUT2D eigenvalue weighted by Gasteiger charge is -2.15. The number of rotatable bonds is 6. The molecule has 3 N–H and O–H groups in total. The minimum Gasteiger partial charge on any atom is -0.493 e. The van der Waals surface area contributed by atoms with E-state index in [-0.39, 0.29) is 10.7 Å². The van der Waals surface area contributed by atoms with Crippen molar-refractivity contribution in [3.8, 4) is 11.5 Å². The van der Waals surface area contributed by atoms with Crippen molar-refractivity contribution in [2.75, 3.05) is 32.8 Å². The zero-order valence-corrected chi connectivity index (χ0v) is 12.8. The fourth-order valence-electron chi connectivity index (χ4n) is 2.02. The minimum atomic E-state index is -0.177. The van der Waals surface area contributed by atoms with E-state index in [0.717, 1.165) is 12.8 Å². The standard InChI is InChI=1S/C14H20N2O3S/c1-18-11-6-9(10(15)7-12(11)19-2)13(17)16-8-14(20-3)4-5-14/h6-7H,4-5,8,15H2,1-3H3,(H,16,17). The van der Waals surface area contributed by atoms with Gasteiger partial charge in [0.25, 0.3) is 5.91 Å². The number of methoxy groups -OCH3 is 2. The molecule has 1 saturated carbocycles. The second kappa shape index (κ2) is 5.83. The topological polar surface area (TPSA) is 73.6 Å². The molecule has 0 bridgehead atoms. The summed E-state index contributed by atoms with van der Waals surface area (Å²) in [5, 5.41) is 2.95. The predicted octanol–water partition coefficient (Wildman–Crippen LogP) is 1.91. The number of benzene rings is 1. The summed E-state index contributed by atoms with van der Waals surface area (Å²) in [4.78, 5) is 12.2. The first-order valence-corrected chi connectivity index (χ1v) is 7.62. The number of carbonyl (C=O) groups is 1. The smallest absolute Gasteiger partial charge is 0.253 e. The molecular weight excluding hydrogens is 276 g/mol. The number of nitrogen functional groups attached to an aromatic ring is 1. The summed E-state index contributed by atoms with van der Waals surface area (Å²) in [7, 11) is 3.06. The van der Waals surface area contributed by atoms with Crippen LogP contribution in [0.2, 0.25) is 0 Å². The zero-order valence-electron chi connectivity index (χ0n) is 12.0. The number of nitrogens with one attached hydrogen (secondary N) is 1. The van der Waals surface area contributed by atoms with Crippen LogP contribution < -0.4 is 20.5 Å². The summed E-state index contributed by atoms with van der Waals surface area (Å²) >= 11 is 1.80. The first-order chi connectivity index (χ1) is 9.55. The van der Waals surface area contributed by atoms with Crippen LogP contribution in [0.4, 0.5) is 5.69 Å². The molecule has 0 unspecified atom stereocenters. The fourth-order valence-corrected chi connectivity index (χ4v) is 2.75. The normalized spacial score (nSPS) is 15.6. The Bertz CT molecular complexity index is 515. The SMILES string of the molecule is COc1cc(N)c(C(=O)NCC2(SC)CC2)cc1OC. The molecule has 0 aromatic heterocycles. The molecule has 5 nitrogen and oxygen atoms in total. The van der Waals surface area contributed by atoms with E-state index in [1.807, 2.05) is 0 Å². The number of amides is 1.